The molecule has 2 aromatic heterocycles. The number of aliphatic imine (C=N–C) groups is 1. The molecule has 1 amide bonds. The van der Waals surface area contributed by atoms with Crippen molar-refractivity contribution in [3.8, 4) is 0 Å². The van der Waals surface area contributed by atoms with Crippen LogP contribution in [0.15, 0.2) is 46.3 Å². The van der Waals surface area contributed by atoms with Crippen molar-refractivity contribution >= 4 is 34.4 Å². The maximum absolute atomic E-state index is 12.8. The number of halogens is 1. The largest absolute Gasteiger partial charge is 0.326 e. The molecule has 0 saturated carbocycles. The molecule has 3 heterocycles. The number of aromatic nitrogens is 3. The van der Waals surface area contributed by atoms with Crippen molar-refractivity contribution in [1.82, 2.24) is 19.9 Å². The fourth-order valence-corrected chi connectivity index (χ4v) is 3.66. The molecule has 1 aliphatic rings. The third-order valence-electron chi connectivity index (χ3n) is 5.87. The Hall–Kier alpha value is -2.93. The summed E-state index contributed by atoms with van der Waals surface area (Å²) in [6.07, 6.45) is 1.50. The summed E-state index contributed by atoms with van der Waals surface area (Å²) in [4.78, 5) is 37.2. The van der Waals surface area contributed by atoms with E-state index in [1.54, 1.807) is 23.6 Å². The number of benzene rings is 1. The molecule has 3 aromatic rings. The zero-order valence-corrected chi connectivity index (χ0v) is 18.3. The first-order chi connectivity index (χ1) is 14.0. The van der Waals surface area contributed by atoms with Crippen molar-refractivity contribution in [2.75, 3.05) is 0 Å². The van der Waals surface area contributed by atoms with Gasteiger partial charge in [0, 0.05) is 17.8 Å². The highest BCUT2D eigenvalue weighted by molar-refractivity contribution is 6.30. The molecule has 0 unspecified atom stereocenters. The molecule has 2 atom stereocenters. The maximum Gasteiger partial charge on any atom is 0.326 e. The number of carbonyl (C=O) groups is 1. The Morgan fingerprint density at radius 2 is 1.90 bits per heavy atom. The third-order valence-corrected chi connectivity index (χ3v) is 6.09. The number of pyridine rings is 1. The van der Waals surface area contributed by atoms with Crippen molar-refractivity contribution in [1.29, 1.82) is 0 Å². The Bertz CT molecular complexity index is 1230. The van der Waals surface area contributed by atoms with Crippen molar-refractivity contribution in [2.45, 2.75) is 46.2 Å². The summed E-state index contributed by atoms with van der Waals surface area (Å²) >= 11 is 5.92. The molecule has 0 radical (unpaired) electrons. The van der Waals surface area contributed by atoms with Crippen molar-refractivity contribution in [2.24, 2.45) is 10.4 Å². The molecule has 0 aliphatic carbocycles. The van der Waals surface area contributed by atoms with E-state index in [4.69, 9.17) is 11.6 Å². The van der Waals surface area contributed by atoms with Crippen LogP contribution in [0.25, 0.3) is 11.0 Å². The number of amides is 1. The summed E-state index contributed by atoms with van der Waals surface area (Å²) in [5.74, 6) is 0.187. The highest BCUT2D eigenvalue weighted by Gasteiger charge is 2.42. The van der Waals surface area contributed by atoms with Gasteiger partial charge in [-0.15, -0.1) is 0 Å². The number of amidine groups is 1. The lowest BCUT2D eigenvalue weighted by atomic mass is 9.88. The standard InChI is InChI=1S/C22H24ClN5O2/c1-12(21(2,3)4)28-16-10-13(6-8-15(16)25-20(28)30)18-26-19(29)22(5,27-18)17-9-7-14(23)11-24-17/h6-12H,1-5H3,(H,25,30)(H,26,27,29)/t12-,22+/m1/s1. The average molecular weight is 426 g/mol. The van der Waals surface area contributed by atoms with Gasteiger partial charge in [-0.2, -0.15) is 0 Å². The fraction of sp³-hybridized carbons (Fsp3) is 0.364. The van der Waals surface area contributed by atoms with Gasteiger partial charge in [0.05, 0.1) is 21.7 Å². The summed E-state index contributed by atoms with van der Waals surface area (Å²) in [5.41, 5.74) is 1.35. The molecule has 30 heavy (non-hydrogen) atoms. The van der Waals surface area contributed by atoms with Crippen LogP contribution in [0, 0.1) is 5.41 Å². The second-order valence-corrected chi connectivity index (χ2v) is 9.36. The number of aromatic amines is 1. The molecule has 8 heteroatoms. The molecule has 0 bridgehead atoms. The lowest BCUT2D eigenvalue weighted by molar-refractivity contribution is -0.123. The molecule has 156 valence electrons. The normalized spacial score (nSPS) is 20.3. The van der Waals surface area contributed by atoms with E-state index in [0.29, 0.717) is 16.6 Å². The zero-order valence-electron chi connectivity index (χ0n) is 17.6. The topological polar surface area (TPSA) is 92.1 Å². The Morgan fingerprint density at radius 1 is 1.17 bits per heavy atom. The monoisotopic (exact) mass is 425 g/mol. The van der Waals surface area contributed by atoms with Gasteiger partial charge in [-0.25, -0.2) is 9.79 Å². The summed E-state index contributed by atoms with van der Waals surface area (Å²) in [6.45, 7) is 10.0. The zero-order chi connectivity index (χ0) is 21.8. The minimum atomic E-state index is -1.15. The number of hydrogen-bond acceptors (Lipinski definition) is 4. The molecule has 0 spiro atoms. The van der Waals surface area contributed by atoms with E-state index in [2.05, 4.69) is 41.0 Å². The summed E-state index contributed by atoms with van der Waals surface area (Å²) < 4.78 is 1.76. The van der Waals surface area contributed by atoms with Gasteiger partial charge in [-0.05, 0) is 49.6 Å². The minimum absolute atomic E-state index is 0.0300. The first-order valence-corrected chi connectivity index (χ1v) is 10.2. The van der Waals surface area contributed by atoms with E-state index in [1.807, 2.05) is 25.1 Å². The van der Waals surface area contributed by atoms with Crippen LogP contribution >= 0.6 is 11.6 Å². The van der Waals surface area contributed by atoms with Crippen LogP contribution in [0.3, 0.4) is 0 Å². The number of imidazole rings is 1. The lowest BCUT2D eigenvalue weighted by Crippen LogP contribution is -2.35. The van der Waals surface area contributed by atoms with Gasteiger partial charge < -0.3 is 10.3 Å². The van der Waals surface area contributed by atoms with Crippen LogP contribution in [0.2, 0.25) is 5.02 Å². The molecular weight excluding hydrogens is 402 g/mol. The predicted molar refractivity (Wildman–Crippen MR) is 118 cm³/mol. The first-order valence-electron chi connectivity index (χ1n) is 9.79. The molecule has 1 aliphatic heterocycles. The molecule has 2 N–H and O–H groups in total. The molecule has 4 rings (SSSR count). The number of nitrogens with zero attached hydrogens (tertiary/aromatic N) is 3. The number of carbonyl (C=O) groups excluding carboxylic acids is 1. The second-order valence-electron chi connectivity index (χ2n) is 8.92. The van der Waals surface area contributed by atoms with Crippen LogP contribution in [0.5, 0.6) is 0 Å². The quantitative estimate of drug-likeness (QED) is 0.668. The van der Waals surface area contributed by atoms with Crippen LogP contribution in [-0.2, 0) is 10.3 Å². The third kappa shape index (κ3) is 3.23. The van der Waals surface area contributed by atoms with Gasteiger partial charge in [0.25, 0.3) is 5.91 Å². The highest BCUT2D eigenvalue weighted by atomic mass is 35.5. The second kappa shape index (κ2) is 6.80. The summed E-state index contributed by atoms with van der Waals surface area (Å²) in [7, 11) is 0. The van der Waals surface area contributed by atoms with Gasteiger partial charge >= 0.3 is 5.69 Å². The van der Waals surface area contributed by atoms with Crippen molar-refractivity contribution < 1.29 is 4.79 Å². The number of rotatable bonds is 3. The first kappa shape index (κ1) is 20.3. The van der Waals surface area contributed by atoms with Crippen LogP contribution in [0.1, 0.15) is 51.9 Å². The highest BCUT2D eigenvalue weighted by Crippen LogP contribution is 2.33. The smallest absolute Gasteiger partial charge is 0.308 e. The Kier molecular flexibility index (Phi) is 4.62. The summed E-state index contributed by atoms with van der Waals surface area (Å²) in [5, 5.41) is 3.36. The van der Waals surface area contributed by atoms with E-state index in [1.165, 1.54) is 6.20 Å². The van der Waals surface area contributed by atoms with Gasteiger partial charge in [-0.1, -0.05) is 32.4 Å². The number of H-pyrrole nitrogens is 1. The molecule has 1 aromatic carbocycles. The molecule has 0 fully saturated rings. The molecule has 7 nitrogen and oxygen atoms in total. The van der Waals surface area contributed by atoms with Gasteiger partial charge in [-0.3, -0.25) is 14.3 Å². The number of fused-ring (bicyclic) bond motifs is 1. The Balaban J connectivity index is 1.81. The average Bonchev–Trinajstić information content (AvgIpc) is 3.16. The Labute approximate surface area is 179 Å². The maximum atomic E-state index is 12.8. The van der Waals surface area contributed by atoms with E-state index in [0.717, 1.165) is 16.6 Å². The fourth-order valence-electron chi connectivity index (χ4n) is 3.55. The van der Waals surface area contributed by atoms with E-state index in [9.17, 15) is 9.59 Å². The van der Waals surface area contributed by atoms with E-state index in [-0.39, 0.29) is 23.1 Å². The number of nitrogens with one attached hydrogen (secondary N) is 2. The van der Waals surface area contributed by atoms with Gasteiger partial charge in [0.2, 0.25) is 0 Å². The van der Waals surface area contributed by atoms with Crippen molar-refractivity contribution in [3.63, 3.8) is 0 Å². The van der Waals surface area contributed by atoms with Gasteiger partial charge in [0.15, 0.2) is 5.54 Å². The molecular formula is C22H24ClN5O2. The van der Waals surface area contributed by atoms with Crippen LogP contribution < -0.4 is 11.0 Å². The predicted octanol–water partition coefficient (Wildman–Crippen LogP) is 3.78. The molecule has 0 saturated heterocycles. The Morgan fingerprint density at radius 3 is 2.53 bits per heavy atom. The lowest BCUT2D eigenvalue weighted by Gasteiger charge is -2.28. The summed E-state index contributed by atoms with van der Waals surface area (Å²) in [6, 6.07) is 8.92. The van der Waals surface area contributed by atoms with Crippen molar-refractivity contribution in [3.05, 3.63) is 63.3 Å². The minimum Gasteiger partial charge on any atom is -0.308 e. The van der Waals surface area contributed by atoms with E-state index >= 15 is 0 Å². The van der Waals surface area contributed by atoms with Crippen LogP contribution in [0.4, 0.5) is 0 Å². The van der Waals surface area contributed by atoms with Crippen LogP contribution in [-0.4, -0.2) is 26.3 Å². The van der Waals surface area contributed by atoms with Gasteiger partial charge in [0.1, 0.15) is 5.84 Å². The SMILES string of the molecule is C[C@@H](n1c(=O)[nH]c2ccc(C3=N[C@@](C)(c4ccc(Cl)cn4)C(=O)N3)cc21)C(C)(C)C. The van der Waals surface area contributed by atoms with E-state index < -0.39 is 5.54 Å². The number of hydrogen-bond donors (Lipinski definition) is 2.